The van der Waals surface area contributed by atoms with E-state index in [4.69, 9.17) is 20.2 Å². The number of anilines is 1. The number of primary amides is 1. The van der Waals surface area contributed by atoms with Crippen LogP contribution < -0.4 is 20.1 Å². The fraction of sp³-hybridized carbons (Fsp3) is 0.238. The Labute approximate surface area is 168 Å². The van der Waals surface area contributed by atoms with Crippen molar-refractivity contribution >= 4 is 22.9 Å². The van der Waals surface area contributed by atoms with Crippen LogP contribution in [-0.2, 0) is 11.3 Å². The molecule has 0 bridgehead atoms. The van der Waals surface area contributed by atoms with E-state index >= 15 is 0 Å². The number of amides is 1. The van der Waals surface area contributed by atoms with Gasteiger partial charge in [0.05, 0.1) is 32.0 Å². The van der Waals surface area contributed by atoms with Gasteiger partial charge in [0.25, 0.3) is 0 Å². The van der Waals surface area contributed by atoms with E-state index in [9.17, 15) is 4.79 Å². The summed E-state index contributed by atoms with van der Waals surface area (Å²) in [7, 11) is 3.29. The average molecular weight is 398 g/mol. The zero-order valence-corrected chi connectivity index (χ0v) is 16.7. The van der Waals surface area contributed by atoms with Crippen LogP contribution in [-0.4, -0.2) is 31.7 Å². The summed E-state index contributed by atoms with van der Waals surface area (Å²) in [5, 5.41) is 2.93. The smallest absolute Gasteiger partial charge is 0.219 e. The highest BCUT2D eigenvalue weighted by molar-refractivity contribution is 7.13. The Bertz CT molecular complexity index is 925. The number of methoxy groups -OCH3 is 2. The first-order valence-electron chi connectivity index (χ1n) is 8.86. The molecular weight excluding hydrogens is 374 g/mol. The van der Waals surface area contributed by atoms with Gasteiger partial charge >= 0.3 is 0 Å². The normalized spacial score (nSPS) is 10.5. The molecule has 1 heterocycles. The van der Waals surface area contributed by atoms with Crippen LogP contribution in [0.25, 0.3) is 10.6 Å². The van der Waals surface area contributed by atoms with Crippen LogP contribution in [0.5, 0.6) is 11.5 Å². The highest BCUT2D eigenvalue weighted by atomic mass is 32.1. The van der Waals surface area contributed by atoms with E-state index in [0.717, 1.165) is 33.5 Å². The third kappa shape index (κ3) is 4.80. The number of aromatic nitrogens is 1. The van der Waals surface area contributed by atoms with Crippen LogP contribution in [0.15, 0.2) is 53.9 Å². The molecule has 2 aromatic carbocycles. The standard InChI is InChI=1S/C21H23N3O3S/c1-26-17-9-7-16(8-10-17)24(12-11-20(22)25)13-15-14-28-21(23-15)18-5-3-4-6-19(18)27-2/h3-10,14H,11-13H2,1-2H3,(H2,22,25). The minimum absolute atomic E-state index is 0.273. The molecule has 1 amide bonds. The summed E-state index contributed by atoms with van der Waals surface area (Å²) in [6, 6.07) is 15.5. The molecule has 0 atom stereocenters. The molecule has 0 aliphatic rings. The number of hydrogen-bond acceptors (Lipinski definition) is 6. The van der Waals surface area contributed by atoms with Gasteiger partial charge in [-0.05, 0) is 36.4 Å². The van der Waals surface area contributed by atoms with Gasteiger partial charge in [0.2, 0.25) is 5.91 Å². The number of nitrogens with zero attached hydrogens (tertiary/aromatic N) is 2. The van der Waals surface area contributed by atoms with Crippen LogP contribution in [0.1, 0.15) is 12.1 Å². The van der Waals surface area contributed by atoms with E-state index in [-0.39, 0.29) is 12.3 Å². The minimum atomic E-state index is -0.327. The summed E-state index contributed by atoms with van der Waals surface area (Å²) >= 11 is 1.57. The van der Waals surface area contributed by atoms with E-state index in [2.05, 4.69) is 4.90 Å². The van der Waals surface area contributed by atoms with Crippen LogP contribution in [0.2, 0.25) is 0 Å². The Kier molecular flexibility index (Phi) is 6.49. The predicted molar refractivity (Wildman–Crippen MR) is 112 cm³/mol. The molecule has 146 valence electrons. The van der Waals surface area contributed by atoms with Crippen molar-refractivity contribution in [3.63, 3.8) is 0 Å². The second-order valence-electron chi connectivity index (χ2n) is 6.18. The lowest BCUT2D eigenvalue weighted by Crippen LogP contribution is -2.27. The zero-order chi connectivity index (χ0) is 19.9. The average Bonchev–Trinajstić information content (AvgIpc) is 3.19. The fourth-order valence-corrected chi connectivity index (χ4v) is 3.70. The molecule has 0 spiro atoms. The second kappa shape index (κ2) is 9.23. The second-order valence-corrected chi connectivity index (χ2v) is 7.04. The number of hydrogen-bond donors (Lipinski definition) is 1. The Morgan fingerprint density at radius 2 is 1.86 bits per heavy atom. The third-order valence-electron chi connectivity index (χ3n) is 4.31. The molecule has 0 saturated carbocycles. The molecule has 6 nitrogen and oxygen atoms in total. The number of thiazole rings is 1. The van der Waals surface area contributed by atoms with E-state index in [1.54, 1.807) is 25.6 Å². The number of para-hydroxylation sites is 1. The quantitative estimate of drug-likeness (QED) is 0.596. The van der Waals surface area contributed by atoms with Crippen LogP contribution in [0.4, 0.5) is 5.69 Å². The Morgan fingerprint density at radius 1 is 1.11 bits per heavy atom. The first-order valence-corrected chi connectivity index (χ1v) is 9.73. The molecule has 7 heteroatoms. The molecule has 0 aliphatic carbocycles. The summed E-state index contributed by atoms with van der Waals surface area (Å²) in [6.07, 6.45) is 0.273. The van der Waals surface area contributed by atoms with Gasteiger partial charge in [0, 0.05) is 24.0 Å². The molecule has 3 rings (SSSR count). The summed E-state index contributed by atoms with van der Waals surface area (Å²) in [5.41, 5.74) is 8.23. The molecule has 0 radical (unpaired) electrons. The van der Waals surface area contributed by atoms with Crippen molar-refractivity contribution in [2.45, 2.75) is 13.0 Å². The SMILES string of the molecule is COc1ccc(N(CCC(N)=O)Cc2csc(-c3ccccc3OC)n2)cc1. The van der Waals surface area contributed by atoms with Crippen LogP contribution in [0.3, 0.4) is 0 Å². The zero-order valence-electron chi connectivity index (χ0n) is 15.9. The molecule has 2 N–H and O–H groups in total. The van der Waals surface area contributed by atoms with Gasteiger partial charge in [0.1, 0.15) is 16.5 Å². The molecule has 1 aromatic heterocycles. The topological polar surface area (TPSA) is 77.7 Å². The van der Waals surface area contributed by atoms with Gasteiger partial charge in [-0.15, -0.1) is 11.3 Å². The Hall–Kier alpha value is -3.06. The Balaban J connectivity index is 1.82. The van der Waals surface area contributed by atoms with Gasteiger partial charge in [-0.1, -0.05) is 12.1 Å². The molecular formula is C21H23N3O3S. The van der Waals surface area contributed by atoms with Crippen LogP contribution >= 0.6 is 11.3 Å². The monoisotopic (exact) mass is 397 g/mol. The van der Waals surface area contributed by atoms with Gasteiger partial charge in [-0.25, -0.2) is 4.98 Å². The summed E-state index contributed by atoms with van der Waals surface area (Å²) in [6.45, 7) is 1.09. The van der Waals surface area contributed by atoms with Crippen molar-refractivity contribution in [2.24, 2.45) is 5.73 Å². The summed E-state index contributed by atoms with van der Waals surface area (Å²) < 4.78 is 10.7. The van der Waals surface area contributed by atoms with Crippen molar-refractivity contribution in [1.29, 1.82) is 0 Å². The van der Waals surface area contributed by atoms with E-state index in [0.29, 0.717) is 13.1 Å². The highest BCUT2D eigenvalue weighted by Gasteiger charge is 2.14. The van der Waals surface area contributed by atoms with Gasteiger partial charge in [0.15, 0.2) is 0 Å². The number of nitrogens with two attached hydrogens (primary N) is 1. The highest BCUT2D eigenvalue weighted by Crippen LogP contribution is 2.32. The molecule has 28 heavy (non-hydrogen) atoms. The third-order valence-corrected chi connectivity index (χ3v) is 5.23. The van der Waals surface area contributed by atoms with Crippen molar-refractivity contribution in [2.75, 3.05) is 25.7 Å². The number of benzene rings is 2. The van der Waals surface area contributed by atoms with Gasteiger partial charge < -0.3 is 20.1 Å². The lowest BCUT2D eigenvalue weighted by Gasteiger charge is -2.23. The summed E-state index contributed by atoms with van der Waals surface area (Å²) in [5.74, 6) is 1.25. The maximum absolute atomic E-state index is 11.3. The van der Waals surface area contributed by atoms with Crippen molar-refractivity contribution in [3.05, 3.63) is 59.6 Å². The number of carbonyl (C=O) groups is 1. The predicted octanol–water partition coefficient (Wildman–Crippen LogP) is 3.71. The lowest BCUT2D eigenvalue weighted by molar-refractivity contribution is -0.117. The molecule has 0 unspecified atom stereocenters. The molecule has 0 fully saturated rings. The maximum Gasteiger partial charge on any atom is 0.219 e. The number of rotatable bonds is 9. The van der Waals surface area contributed by atoms with E-state index in [1.807, 2.05) is 53.9 Å². The number of carbonyl (C=O) groups excluding carboxylic acids is 1. The maximum atomic E-state index is 11.3. The fourth-order valence-electron chi connectivity index (χ4n) is 2.86. The Morgan fingerprint density at radius 3 is 2.54 bits per heavy atom. The summed E-state index contributed by atoms with van der Waals surface area (Å²) in [4.78, 5) is 18.2. The minimum Gasteiger partial charge on any atom is -0.497 e. The van der Waals surface area contributed by atoms with Gasteiger partial charge in [-0.3, -0.25) is 4.79 Å². The first-order chi connectivity index (χ1) is 13.6. The molecule has 0 saturated heterocycles. The van der Waals surface area contributed by atoms with Gasteiger partial charge in [-0.2, -0.15) is 0 Å². The van der Waals surface area contributed by atoms with E-state index < -0.39 is 0 Å². The lowest BCUT2D eigenvalue weighted by atomic mass is 10.2. The molecule has 0 aliphatic heterocycles. The van der Waals surface area contributed by atoms with Crippen molar-refractivity contribution in [3.8, 4) is 22.1 Å². The van der Waals surface area contributed by atoms with Crippen molar-refractivity contribution < 1.29 is 14.3 Å². The van der Waals surface area contributed by atoms with E-state index in [1.165, 1.54) is 0 Å². The number of ether oxygens (including phenoxy) is 2. The largest absolute Gasteiger partial charge is 0.497 e. The van der Waals surface area contributed by atoms with Crippen LogP contribution in [0, 0.1) is 0 Å². The van der Waals surface area contributed by atoms with Crippen molar-refractivity contribution in [1.82, 2.24) is 4.98 Å². The first kappa shape index (κ1) is 19.7. The molecule has 3 aromatic rings.